The van der Waals surface area contributed by atoms with E-state index in [9.17, 15) is 0 Å². The lowest BCUT2D eigenvalue weighted by Crippen LogP contribution is -2.29. The van der Waals surface area contributed by atoms with E-state index >= 15 is 0 Å². The van der Waals surface area contributed by atoms with Gasteiger partial charge in [-0.2, -0.15) is 11.3 Å². The molecular formula is C13H17N3S. The third-order valence-electron chi connectivity index (χ3n) is 3.44. The smallest absolute Gasteiger partial charge is 0.0951 e. The van der Waals surface area contributed by atoms with Gasteiger partial charge in [0, 0.05) is 17.5 Å². The Labute approximate surface area is 106 Å². The zero-order valence-electron chi connectivity index (χ0n) is 9.80. The van der Waals surface area contributed by atoms with Crippen LogP contribution in [0.3, 0.4) is 0 Å². The van der Waals surface area contributed by atoms with Crippen LogP contribution in [0.4, 0.5) is 0 Å². The lowest BCUT2D eigenvalue weighted by atomic mass is 9.98. The molecular weight excluding hydrogens is 230 g/mol. The number of hydrogen-bond donors (Lipinski definition) is 1. The lowest BCUT2D eigenvalue weighted by molar-refractivity contribution is 0.334. The van der Waals surface area contributed by atoms with Crippen LogP contribution in [-0.4, -0.2) is 22.6 Å². The van der Waals surface area contributed by atoms with Gasteiger partial charge in [-0.25, -0.2) is 4.98 Å². The van der Waals surface area contributed by atoms with Crippen LogP contribution >= 0.6 is 11.3 Å². The van der Waals surface area contributed by atoms with E-state index in [-0.39, 0.29) is 0 Å². The van der Waals surface area contributed by atoms with Crippen molar-refractivity contribution in [3.05, 3.63) is 29.4 Å². The van der Waals surface area contributed by atoms with E-state index < -0.39 is 0 Å². The van der Waals surface area contributed by atoms with Crippen molar-refractivity contribution in [1.82, 2.24) is 14.9 Å². The average molecular weight is 247 g/mol. The van der Waals surface area contributed by atoms with Crippen LogP contribution in [-0.2, 0) is 6.54 Å². The SMILES string of the molecule is c1cc(-c2cncn2CC2CCNCC2)cs1. The highest BCUT2D eigenvalue weighted by atomic mass is 32.1. The second-order valence-corrected chi connectivity index (χ2v) is 5.42. The Balaban J connectivity index is 1.77. The van der Waals surface area contributed by atoms with Crippen LogP contribution in [0.5, 0.6) is 0 Å². The molecule has 0 atom stereocenters. The number of piperidine rings is 1. The molecule has 0 radical (unpaired) electrons. The molecule has 17 heavy (non-hydrogen) atoms. The molecule has 1 aliphatic heterocycles. The predicted octanol–water partition coefficient (Wildman–Crippen LogP) is 2.61. The molecule has 1 fully saturated rings. The van der Waals surface area contributed by atoms with Gasteiger partial charge in [0.05, 0.1) is 18.2 Å². The van der Waals surface area contributed by atoms with E-state index in [0.717, 1.165) is 25.6 Å². The van der Waals surface area contributed by atoms with E-state index in [2.05, 4.69) is 31.7 Å². The average Bonchev–Trinajstić information content (AvgIpc) is 3.00. The summed E-state index contributed by atoms with van der Waals surface area (Å²) in [5.74, 6) is 0.794. The maximum atomic E-state index is 4.30. The molecule has 2 aromatic heterocycles. The summed E-state index contributed by atoms with van der Waals surface area (Å²) in [4.78, 5) is 4.30. The first-order chi connectivity index (χ1) is 8.43. The third-order valence-corrected chi connectivity index (χ3v) is 4.13. The molecule has 0 saturated carbocycles. The molecule has 1 N–H and O–H groups in total. The molecule has 0 spiro atoms. The summed E-state index contributed by atoms with van der Waals surface area (Å²) in [6.45, 7) is 3.42. The van der Waals surface area contributed by atoms with E-state index in [4.69, 9.17) is 0 Å². The first-order valence-corrected chi connectivity index (χ1v) is 7.11. The first kappa shape index (κ1) is 11.0. The third kappa shape index (κ3) is 2.42. The topological polar surface area (TPSA) is 29.9 Å². The second kappa shape index (κ2) is 5.02. The molecule has 1 aliphatic rings. The van der Waals surface area contributed by atoms with E-state index in [1.54, 1.807) is 11.3 Å². The number of nitrogens with one attached hydrogen (secondary N) is 1. The van der Waals surface area contributed by atoms with Crippen molar-refractivity contribution in [2.24, 2.45) is 5.92 Å². The second-order valence-electron chi connectivity index (χ2n) is 4.64. The van der Waals surface area contributed by atoms with Gasteiger partial charge in [-0.3, -0.25) is 0 Å². The minimum atomic E-state index is 0.794. The zero-order chi connectivity index (χ0) is 11.5. The number of hydrogen-bond acceptors (Lipinski definition) is 3. The Kier molecular flexibility index (Phi) is 3.25. The largest absolute Gasteiger partial charge is 0.330 e. The molecule has 0 bridgehead atoms. The normalized spacial score (nSPS) is 17.4. The van der Waals surface area contributed by atoms with Gasteiger partial charge in [0.2, 0.25) is 0 Å². The van der Waals surface area contributed by atoms with Gasteiger partial charge in [-0.15, -0.1) is 0 Å². The Hall–Kier alpha value is -1.13. The van der Waals surface area contributed by atoms with Crippen molar-refractivity contribution in [2.75, 3.05) is 13.1 Å². The predicted molar refractivity (Wildman–Crippen MR) is 71.1 cm³/mol. The standard InChI is InChI=1S/C13H17N3S/c1-4-14-5-2-11(1)8-16-10-15-7-13(16)12-3-6-17-9-12/h3,6-7,9-11,14H,1-2,4-5,8H2. The van der Waals surface area contributed by atoms with Crippen LogP contribution in [0.25, 0.3) is 11.3 Å². The molecule has 4 heteroatoms. The Morgan fingerprint density at radius 2 is 2.29 bits per heavy atom. The highest BCUT2D eigenvalue weighted by molar-refractivity contribution is 7.08. The van der Waals surface area contributed by atoms with Crippen molar-refractivity contribution < 1.29 is 0 Å². The lowest BCUT2D eigenvalue weighted by Gasteiger charge is -2.23. The monoisotopic (exact) mass is 247 g/mol. The molecule has 0 unspecified atom stereocenters. The van der Waals surface area contributed by atoms with E-state index in [1.807, 2.05) is 12.5 Å². The Bertz CT molecular complexity index is 455. The highest BCUT2D eigenvalue weighted by Crippen LogP contribution is 2.24. The van der Waals surface area contributed by atoms with Gasteiger partial charge in [-0.05, 0) is 43.3 Å². The number of nitrogens with zero attached hydrogens (tertiary/aromatic N) is 2. The number of thiophene rings is 1. The maximum Gasteiger partial charge on any atom is 0.0951 e. The Morgan fingerprint density at radius 3 is 3.06 bits per heavy atom. The van der Waals surface area contributed by atoms with Crippen molar-refractivity contribution in [1.29, 1.82) is 0 Å². The summed E-state index contributed by atoms with van der Waals surface area (Å²) in [7, 11) is 0. The van der Waals surface area contributed by atoms with Crippen LogP contribution in [0, 0.1) is 5.92 Å². The molecule has 0 aromatic carbocycles. The van der Waals surface area contributed by atoms with Crippen LogP contribution in [0.2, 0.25) is 0 Å². The molecule has 3 rings (SSSR count). The van der Waals surface area contributed by atoms with Gasteiger partial charge in [0.25, 0.3) is 0 Å². The van der Waals surface area contributed by atoms with Crippen LogP contribution < -0.4 is 5.32 Å². The fourth-order valence-electron chi connectivity index (χ4n) is 2.46. The van der Waals surface area contributed by atoms with Crippen molar-refractivity contribution in [3.8, 4) is 11.3 Å². The Morgan fingerprint density at radius 1 is 1.41 bits per heavy atom. The maximum absolute atomic E-state index is 4.30. The van der Waals surface area contributed by atoms with Crippen molar-refractivity contribution in [3.63, 3.8) is 0 Å². The fraction of sp³-hybridized carbons (Fsp3) is 0.462. The van der Waals surface area contributed by atoms with Gasteiger partial charge < -0.3 is 9.88 Å². The molecule has 2 aromatic rings. The number of imidazole rings is 1. The quantitative estimate of drug-likeness (QED) is 0.903. The molecule has 0 amide bonds. The minimum absolute atomic E-state index is 0.794. The van der Waals surface area contributed by atoms with Gasteiger partial charge in [0.1, 0.15) is 0 Å². The van der Waals surface area contributed by atoms with Crippen LogP contribution in [0.1, 0.15) is 12.8 Å². The molecule has 3 heterocycles. The number of rotatable bonds is 3. The van der Waals surface area contributed by atoms with Crippen molar-refractivity contribution in [2.45, 2.75) is 19.4 Å². The van der Waals surface area contributed by atoms with E-state index in [1.165, 1.54) is 24.1 Å². The van der Waals surface area contributed by atoms with Gasteiger partial charge in [-0.1, -0.05) is 0 Å². The summed E-state index contributed by atoms with van der Waals surface area (Å²) >= 11 is 1.74. The molecule has 90 valence electrons. The van der Waals surface area contributed by atoms with Crippen molar-refractivity contribution >= 4 is 11.3 Å². The van der Waals surface area contributed by atoms with Gasteiger partial charge in [0.15, 0.2) is 0 Å². The van der Waals surface area contributed by atoms with E-state index in [0.29, 0.717) is 0 Å². The summed E-state index contributed by atoms with van der Waals surface area (Å²) in [5, 5.41) is 7.73. The summed E-state index contributed by atoms with van der Waals surface area (Å²) in [6, 6.07) is 2.17. The molecule has 0 aliphatic carbocycles. The van der Waals surface area contributed by atoms with Gasteiger partial charge >= 0.3 is 0 Å². The van der Waals surface area contributed by atoms with Crippen LogP contribution in [0.15, 0.2) is 29.4 Å². The first-order valence-electron chi connectivity index (χ1n) is 6.17. The summed E-state index contributed by atoms with van der Waals surface area (Å²) < 4.78 is 2.30. The fourth-order valence-corrected chi connectivity index (χ4v) is 3.11. The highest BCUT2D eigenvalue weighted by Gasteiger charge is 2.15. The molecule has 3 nitrogen and oxygen atoms in total. The summed E-state index contributed by atoms with van der Waals surface area (Å²) in [5.41, 5.74) is 2.55. The minimum Gasteiger partial charge on any atom is -0.330 e. The zero-order valence-corrected chi connectivity index (χ0v) is 10.6. The summed E-state index contributed by atoms with van der Waals surface area (Å²) in [6.07, 6.45) is 6.50. The molecule has 1 saturated heterocycles. The number of aromatic nitrogens is 2.